The van der Waals surface area contributed by atoms with Crippen molar-refractivity contribution in [3.8, 4) is 0 Å². The molecule has 1 aromatic rings. The molecule has 1 aliphatic rings. The van der Waals surface area contributed by atoms with Crippen molar-refractivity contribution in [1.82, 2.24) is 5.32 Å². The molecule has 2 rings (SSSR count). The van der Waals surface area contributed by atoms with Crippen LogP contribution in [0.5, 0.6) is 0 Å². The van der Waals surface area contributed by atoms with Gasteiger partial charge in [0.25, 0.3) is 5.91 Å². The van der Waals surface area contributed by atoms with E-state index >= 15 is 0 Å². The molecular weight excluding hydrogens is 214 g/mol. The molecule has 3 heteroatoms. The normalized spacial score (nSPS) is 15.8. The van der Waals surface area contributed by atoms with Gasteiger partial charge in [0.2, 0.25) is 5.91 Å². The molecule has 1 N–H and O–H groups in total. The van der Waals surface area contributed by atoms with Crippen LogP contribution in [0.2, 0.25) is 0 Å². The Morgan fingerprint density at radius 3 is 2.41 bits per heavy atom. The van der Waals surface area contributed by atoms with Crippen molar-refractivity contribution >= 4 is 11.8 Å². The lowest BCUT2D eigenvalue weighted by molar-refractivity contribution is -0.121. The average molecular weight is 231 g/mol. The van der Waals surface area contributed by atoms with Crippen molar-refractivity contribution < 1.29 is 9.59 Å². The lowest BCUT2D eigenvalue weighted by Gasteiger charge is -2.08. The smallest absolute Gasteiger partial charge is 0.257 e. The maximum atomic E-state index is 11.7. The second kappa shape index (κ2) is 5.62. The van der Waals surface area contributed by atoms with Gasteiger partial charge >= 0.3 is 0 Å². The fourth-order valence-electron chi connectivity index (χ4n) is 2.32. The monoisotopic (exact) mass is 231 g/mol. The van der Waals surface area contributed by atoms with Gasteiger partial charge in [-0.1, -0.05) is 31.0 Å². The number of amides is 2. The van der Waals surface area contributed by atoms with Gasteiger partial charge in [-0.05, 0) is 30.9 Å². The third-order valence-electron chi connectivity index (χ3n) is 3.24. The number of benzene rings is 1. The molecule has 0 atom stereocenters. The highest BCUT2D eigenvalue weighted by Gasteiger charge is 2.19. The van der Waals surface area contributed by atoms with E-state index in [1.807, 2.05) is 6.07 Å². The third kappa shape index (κ3) is 3.41. The Morgan fingerprint density at radius 1 is 1.12 bits per heavy atom. The highest BCUT2D eigenvalue weighted by atomic mass is 16.2. The van der Waals surface area contributed by atoms with E-state index in [-0.39, 0.29) is 11.8 Å². The Hall–Kier alpha value is -1.64. The summed E-state index contributed by atoms with van der Waals surface area (Å²) in [5.74, 6) is 0.0259. The minimum Gasteiger partial charge on any atom is -0.292 e. The molecule has 0 aromatic heterocycles. The van der Waals surface area contributed by atoms with E-state index in [1.54, 1.807) is 24.3 Å². The van der Waals surface area contributed by atoms with Gasteiger partial charge < -0.3 is 0 Å². The molecule has 0 spiro atoms. The standard InChI is InChI=1S/C14H17NO2/c16-13(10-11-6-4-5-7-11)15-14(17)12-8-2-1-3-9-12/h1-3,8-9,11H,4-7,10H2,(H,15,16,17). The topological polar surface area (TPSA) is 46.2 Å². The highest BCUT2D eigenvalue weighted by Crippen LogP contribution is 2.27. The lowest BCUT2D eigenvalue weighted by atomic mass is 10.0. The molecule has 2 amide bonds. The predicted molar refractivity (Wildman–Crippen MR) is 65.5 cm³/mol. The van der Waals surface area contributed by atoms with Crippen LogP contribution in [0, 0.1) is 5.92 Å². The molecule has 0 radical (unpaired) electrons. The number of rotatable bonds is 3. The number of hydrogen-bond donors (Lipinski definition) is 1. The highest BCUT2D eigenvalue weighted by molar-refractivity contribution is 6.04. The molecule has 0 saturated heterocycles. The summed E-state index contributed by atoms with van der Waals surface area (Å²) in [5, 5.41) is 2.45. The van der Waals surface area contributed by atoms with Crippen molar-refractivity contribution in [2.45, 2.75) is 32.1 Å². The number of carbonyl (C=O) groups excluding carboxylic acids is 2. The zero-order valence-corrected chi connectivity index (χ0v) is 9.82. The van der Waals surface area contributed by atoms with Crippen LogP contribution in [0.4, 0.5) is 0 Å². The van der Waals surface area contributed by atoms with Crippen LogP contribution in [-0.2, 0) is 4.79 Å². The second-order valence-electron chi connectivity index (χ2n) is 4.60. The molecule has 0 aliphatic heterocycles. The Bertz CT molecular complexity index is 394. The summed E-state index contributed by atoms with van der Waals surface area (Å²) >= 11 is 0. The van der Waals surface area contributed by atoms with E-state index < -0.39 is 0 Å². The summed E-state index contributed by atoms with van der Waals surface area (Å²) in [6, 6.07) is 8.83. The zero-order valence-electron chi connectivity index (χ0n) is 9.82. The third-order valence-corrected chi connectivity index (χ3v) is 3.24. The molecule has 0 unspecified atom stereocenters. The Labute approximate surface area is 101 Å². The summed E-state index contributed by atoms with van der Waals surface area (Å²) < 4.78 is 0. The van der Waals surface area contributed by atoms with Gasteiger partial charge in [-0.15, -0.1) is 0 Å². The van der Waals surface area contributed by atoms with Crippen LogP contribution in [0.1, 0.15) is 42.5 Å². The Kier molecular flexibility index (Phi) is 3.91. The van der Waals surface area contributed by atoms with E-state index in [0.717, 1.165) is 12.8 Å². The van der Waals surface area contributed by atoms with Crippen molar-refractivity contribution in [2.24, 2.45) is 5.92 Å². The van der Waals surface area contributed by atoms with Gasteiger partial charge in [0.15, 0.2) is 0 Å². The zero-order chi connectivity index (χ0) is 12.1. The summed E-state index contributed by atoms with van der Waals surface area (Å²) in [4.78, 5) is 23.3. The van der Waals surface area contributed by atoms with Gasteiger partial charge in [-0.25, -0.2) is 0 Å². The Morgan fingerprint density at radius 2 is 1.76 bits per heavy atom. The number of carbonyl (C=O) groups is 2. The average Bonchev–Trinajstić information content (AvgIpc) is 2.82. The fourth-order valence-corrected chi connectivity index (χ4v) is 2.32. The first-order valence-corrected chi connectivity index (χ1v) is 6.15. The number of nitrogens with one attached hydrogen (secondary N) is 1. The minimum absolute atomic E-state index is 0.147. The molecule has 1 aliphatic carbocycles. The largest absolute Gasteiger partial charge is 0.292 e. The predicted octanol–water partition coefficient (Wildman–Crippen LogP) is 2.52. The molecule has 1 fully saturated rings. The van der Waals surface area contributed by atoms with E-state index in [4.69, 9.17) is 0 Å². The maximum absolute atomic E-state index is 11.7. The van der Waals surface area contributed by atoms with Crippen LogP contribution in [0.3, 0.4) is 0 Å². The van der Waals surface area contributed by atoms with E-state index in [9.17, 15) is 9.59 Å². The van der Waals surface area contributed by atoms with Gasteiger partial charge in [-0.3, -0.25) is 14.9 Å². The van der Waals surface area contributed by atoms with Gasteiger partial charge in [-0.2, -0.15) is 0 Å². The summed E-state index contributed by atoms with van der Waals surface area (Å²) in [5.41, 5.74) is 0.535. The SMILES string of the molecule is O=C(CC1CCCC1)NC(=O)c1ccccc1. The van der Waals surface area contributed by atoms with Crippen LogP contribution in [-0.4, -0.2) is 11.8 Å². The van der Waals surface area contributed by atoms with Crippen molar-refractivity contribution in [1.29, 1.82) is 0 Å². The molecule has 0 bridgehead atoms. The molecule has 1 saturated carbocycles. The molecule has 17 heavy (non-hydrogen) atoms. The van der Waals surface area contributed by atoms with Crippen molar-refractivity contribution in [3.63, 3.8) is 0 Å². The van der Waals surface area contributed by atoms with E-state index in [2.05, 4.69) is 5.32 Å². The molecular formula is C14H17NO2. The van der Waals surface area contributed by atoms with Crippen molar-refractivity contribution in [3.05, 3.63) is 35.9 Å². The van der Waals surface area contributed by atoms with Gasteiger partial charge in [0, 0.05) is 12.0 Å². The second-order valence-corrected chi connectivity index (χ2v) is 4.60. The quantitative estimate of drug-likeness (QED) is 0.868. The summed E-state index contributed by atoms with van der Waals surface area (Å²) in [6.07, 6.45) is 5.15. The lowest BCUT2D eigenvalue weighted by Crippen LogP contribution is -2.31. The molecule has 90 valence electrons. The van der Waals surface area contributed by atoms with Crippen molar-refractivity contribution in [2.75, 3.05) is 0 Å². The maximum Gasteiger partial charge on any atom is 0.257 e. The fraction of sp³-hybridized carbons (Fsp3) is 0.429. The first-order valence-electron chi connectivity index (χ1n) is 6.15. The minimum atomic E-state index is -0.298. The summed E-state index contributed by atoms with van der Waals surface area (Å²) in [6.45, 7) is 0. The first kappa shape index (κ1) is 11.8. The first-order chi connectivity index (χ1) is 8.25. The van der Waals surface area contributed by atoms with E-state index in [1.165, 1.54) is 12.8 Å². The number of imide groups is 1. The molecule has 0 heterocycles. The van der Waals surface area contributed by atoms with Crippen LogP contribution >= 0.6 is 0 Å². The summed E-state index contributed by atoms with van der Waals surface area (Å²) in [7, 11) is 0. The van der Waals surface area contributed by atoms with Gasteiger partial charge in [0.05, 0.1) is 0 Å². The number of hydrogen-bond acceptors (Lipinski definition) is 2. The Balaban J connectivity index is 1.84. The van der Waals surface area contributed by atoms with Crippen LogP contribution in [0.25, 0.3) is 0 Å². The van der Waals surface area contributed by atoms with E-state index in [0.29, 0.717) is 17.9 Å². The van der Waals surface area contributed by atoms with Crippen LogP contribution < -0.4 is 5.32 Å². The van der Waals surface area contributed by atoms with Crippen LogP contribution in [0.15, 0.2) is 30.3 Å². The molecule has 3 nitrogen and oxygen atoms in total. The van der Waals surface area contributed by atoms with Gasteiger partial charge in [0.1, 0.15) is 0 Å². The molecule has 1 aromatic carbocycles.